The summed E-state index contributed by atoms with van der Waals surface area (Å²) in [5.41, 5.74) is 5.02. The molecule has 0 aromatic carbocycles. The van der Waals surface area contributed by atoms with E-state index in [9.17, 15) is 0 Å². The van der Waals surface area contributed by atoms with Crippen molar-refractivity contribution in [2.24, 2.45) is 5.73 Å². The molecule has 0 aliphatic rings. The first kappa shape index (κ1) is 17.5. The van der Waals surface area contributed by atoms with Gasteiger partial charge in [-0.15, -0.1) is 0 Å². The second kappa shape index (κ2) is 10.7. The van der Waals surface area contributed by atoms with Gasteiger partial charge in [0.15, 0.2) is 0 Å². The van der Waals surface area contributed by atoms with Crippen molar-refractivity contribution >= 4 is 18.3 Å². The van der Waals surface area contributed by atoms with Crippen LogP contribution < -0.4 is 5.73 Å². The third kappa shape index (κ3) is 16.8. The van der Waals surface area contributed by atoms with Crippen LogP contribution in [0.5, 0.6) is 0 Å². The molecule has 7 nitrogen and oxygen atoms in total. The molecule has 0 atom stereocenters. The van der Waals surface area contributed by atoms with Gasteiger partial charge in [-0.25, -0.2) is 0 Å². The van der Waals surface area contributed by atoms with E-state index in [2.05, 4.69) is 0 Å². The van der Waals surface area contributed by atoms with Crippen molar-refractivity contribution in [3.8, 4) is 0 Å². The van der Waals surface area contributed by atoms with Crippen molar-refractivity contribution in [2.75, 3.05) is 27.9 Å². The largest absolute Gasteiger partial charge is 0.492 e. The van der Waals surface area contributed by atoms with Gasteiger partial charge in [0.2, 0.25) is 0 Å². The van der Waals surface area contributed by atoms with Crippen LogP contribution in [0, 0.1) is 0 Å². The van der Waals surface area contributed by atoms with Gasteiger partial charge in [0.1, 0.15) is 0 Å². The highest BCUT2D eigenvalue weighted by atomic mass is 28.4. The Morgan fingerprint density at radius 2 is 1.47 bits per heavy atom. The standard InChI is InChI=1S/C3H11NO3Si.C3H10O3Si/c4-2-1-3-8(5,6)7;1-4-7(5-2)6-3/h5-7H,1-4H2;7H,1-3H3. The molecular weight excluding hydrogens is 238 g/mol. The molecule has 0 fully saturated rings. The Morgan fingerprint density at radius 3 is 1.53 bits per heavy atom. The summed E-state index contributed by atoms with van der Waals surface area (Å²) in [4.78, 5) is 25.0. The predicted molar refractivity (Wildman–Crippen MR) is 59.1 cm³/mol. The van der Waals surface area contributed by atoms with Gasteiger partial charge in [0, 0.05) is 27.4 Å². The number of hydrogen-bond donors (Lipinski definition) is 4. The topological polar surface area (TPSA) is 114 Å². The zero-order chi connectivity index (χ0) is 12.3. The average Bonchev–Trinajstić information content (AvgIpc) is 2.17. The van der Waals surface area contributed by atoms with Crippen LogP contribution in [-0.4, -0.2) is 60.6 Å². The number of hydrogen-bond acceptors (Lipinski definition) is 7. The third-order valence-electron chi connectivity index (χ3n) is 1.29. The summed E-state index contributed by atoms with van der Waals surface area (Å²) in [5, 5.41) is 0. The highest BCUT2D eigenvalue weighted by Crippen LogP contribution is 1.97. The molecule has 0 aromatic heterocycles. The van der Waals surface area contributed by atoms with Gasteiger partial charge in [-0.2, -0.15) is 0 Å². The Hall–Kier alpha value is 0.154. The van der Waals surface area contributed by atoms with Gasteiger partial charge in [-0.05, 0) is 13.0 Å². The first-order valence-electron chi connectivity index (χ1n) is 4.36. The summed E-state index contributed by atoms with van der Waals surface area (Å²) < 4.78 is 14.2. The smallest absolute Gasteiger partial charge is 0.390 e. The molecule has 15 heavy (non-hydrogen) atoms. The average molecular weight is 259 g/mol. The first-order chi connectivity index (χ1) is 6.91. The van der Waals surface area contributed by atoms with Gasteiger partial charge >= 0.3 is 18.3 Å². The van der Waals surface area contributed by atoms with Crippen LogP contribution in [0.3, 0.4) is 0 Å². The summed E-state index contributed by atoms with van der Waals surface area (Å²) in [7, 11) is -0.710. The Morgan fingerprint density at radius 1 is 1.07 bits per heavy atom. The lowest BCUT2D eigenvalue weighted by Crippen LogP contribution is -2.34. The summed E-state index contributed by atoms with van der Waals surface area (Å²) in [5.74, 6) is 0. The van der Waals surface area contributed by atoms with Gasteiger partial charge in [-0.3, -0.25) is 0 Å². The molecule has 5 N–H and O–H groups in total. The third-order valence-corrected chi connectivity index (χ3v) is 3.47. The minimum absolute atomic E-state index is 0.0451. The number of rotatable bonds is 6. The van der Waals surface area contributed by atoms with Gasteiger partial charge in [-0.1, -0.05) is 0 Å². The molecule has 0 amide bonds. The molecule has 0 aliphatic carbocycles. The van der Waals surface area contributed by atoms with Gasteiger partial charge in [0.05, 0.1) is 0 Å². The monoisotopic (exact) mass is 259 g/mol. The highest BCUT2D eigenvalue weighted by molar-refractivity contribution is 6.56. The maximum Gasteiger partial charge on any atom is 0.492 e. The van der Waals surface area contributed by atoms with Crippen LogP contribution >= 0.6 is 0 Å². The highest BCUT2D eigenvalue weighted by Gasteiger charge is 2.24. The van der Waals surface area contributed by atoms with E-state index in [1.165, 1.54) is 0 Å². The van der Waals surface area contributed by atoms with Gasteiger partial charge < -0.3 is 33.4 Å². The van der Waals surface area contributed by atoms with E-state index in [1.54, 1.807) is 21.3 Å². The van der Waals surface area contributed by atoms with Crippen LogP contribution in [0.2, 0.25) is 6.04 Å². The predicted octanol–water partition coefficient (Wildman–Crippen LogP) is -2.11. The Kier molecular flexibility index (Phi) is 12.5. The van der Waals surface area contributed by atoms with Crippen LogP contribution in [-0.2, 0) is 13.3 Å². The lowest BCUT2D eigenvalue weighted by Gasteiger charge is -2.06. The van der Waals surface area contributed by atoms with E-state index in [0.29, 0.717) is 13.0 Å². The lowest BCUT2D eigenvalue weighted by molar-refractivity contribution is 0.163. The maximum absolute atomic E-state index is 8.34. The lowest BCUT2D eigenvalue weighted by atomic mass is 10.5. The van der Waals surface area contributed by atoms with Crippen molar-refractivity contribution in [1.29, 1.82) is 0 Å². The van der Waals surface area contributed by atoms with E-state index in [0.717, 1.165) is 0 Å². The Labute approximate surface area is 92.7 Å². The van der Waals surface area contributed by atoms with Crippen LogP contribution in [0.1, 0.15) is 6.42 Å². The molecule has 0 rings (SSSR count). The molecule has 94 valence electrons. The summed E-state index contributed by atoms with van der Waals surface area (Å²) in [6.07, 6.45) is 0.468. The molecule has 0 saturated heterocycles. The Bertz CT molecular complexity index is 124. The quantitative estimate of drug-likeness (QED) is 0.404. The van der Waals surface area contributed by atoms with Crippen molar-refractivity contribution < 1.29 is 27.7 Å². The molecule has 0 spiro atoms. The van der Waals surface area contributed by atoms with Crippen LogP contribution in [0.25, 0.3) is 0 Å². The second-order valence-electron chi connectivity index (χ2n) is 2.66. The molecule has 0 unspecified atom stereocenters. The van der Waals surface area contributed by atoms with E-state index in [1.807, 2.05) is 0 Å². The summed E-state index contributed by atoms with van der Waals surface area (Å²) in [6.45, 7) is 0.385. The maximum atomic E-state index is 8.34. The van der Waals surface area contributed by atoms with E-state index in [4.69, 9.17) is 33.4 Å². The number of nitrogens with two attached hydrogens (primary N) is 1. The molecule has 0 saturated carbocycles. The molecule has 0 bridgehead atoms. The summed E-state index contributed by atoms with van der Waals surface area (Å²) >= 11 is 0. The van der Waals surface area contributed by atoms with E-state index >= 15 is 0 Å². The van der Waals surface area contributed by atoms with E-state index in [-0.39, 0.29) is 6.04 Å². The van der Waals surface area contributed by atoms with Gasteiger partial charge in [0.25, 0.3) is 0 Å². The fourth-order valence-electron chi connectivity index (χ4n) is 0.628. The zero-order valence-corrected chi connectivity index (χ0v) is 11.5. The fraction of sp³-hybridized carbons (Fsp3) is 1.00. The van der Waals surface area contributed by atoms with Crippen LogP contribution in [0.4, 0.5) is 0 Å². The zero-order valence-electron chi connectivity index (χ0n) is 9.34. The normalized spacial score (nSPS) is 11.2. The van der Waals surface area contributed by atoms with Crippen molar-refractivity contribution in [1.82, 2.24) is 0 Å². The first-order valence-corrected chi connectivity index (χ1v) is 7.83. The molecule has 0 aromatic rings. The molecule has 0 radical (unpaired) electrons. The van der Waals surface area contributed by atoms with Crippen molar-refractivity contribution in [3.05, 3.63) is 0 Å². The summed E-state index contributed by atoms with van der Waals surface area (Å²) in [6, 6.07) is 0.0451. The molecule has 0 heterocycles. The van der Waals surface area contributed by atoms with Crippen LogP contribution in [0.15, 0.2) is 0 Å². The molecular formula is C6H21NO6Si2. The SMILES string of the molecule is CO[SiH](OC)OC.NCCC[Si](O)(O)O. The minimum atomic E-state index is -3.76. The second-order valence-corrected chi connectivity index (χ2v) is 6.70. The van der Waals surface area contributed by atoms with E-state index < -0.39 is 18.3 Å². The minimum Gasteiger partial charge on any atom is -0.390 e. The van der Waals surface area contributed by atoms with Crippen molar-refractivity contribution in [2.45, 2.75) is 12.5 Å². The molecule has 9 heteroatoms. The fourth-order valence-corrected chi connectivity index (χ4v) is 1.88. The van der Waals surface area contributed by atoms with Crippen molar-refractivity contribution in [3.63, 3.8) is 0 Å². The molecule has 0 aliphatic heterocycles. The Balaban J connectivity index is 0.